The number of ether oxygens (including phenoxy) is 3. The van der Waals surface area contributed by atoms with Crippen molar-refractivity contribution in [2.24, 2.45) is 0 Å². The summed E-state index contributed by atoms with van der Waals surface area (Å²) < 4.78 is 16.8. The van der Waals surface area contributed by atoms with Crippen molar-refractivity contribution in [2.75, 3.05) is 13.2 Å². The van der Waals surface area contributed by atoms with Crippen molar-refractivity contribution in [1.82, 2.24) is 0 Å². The largest absolute Gasteiger partial charge is 0.462 e. The maximum atomic E-state index is 12.8. The summed E-state index contributed by atoms with van der Waals surface area (Å²) >= 11 is 0. The van der Waals surface area contributed by atoms with E-state index in [0.717, 1.165) is 116 Å². The number of carbonyl (C=O) groups excluding carboxylic acids is 3. The first-order valence-electron chi connectivity index (χ1n) is 25.7. The highest BCUT2D eigenvalue weighted by Crippen LogP contribution is 2.15. The molecule has 1 unspecified atom stereocenters. The van der Waals surface area contributed by atoms with Crippen molar-refractivity contribution in [2.45, 2.75) is 239 Å². The minimum absolute atomic E-state index is 0.0916. The van der Waals surface area contributed by atoms with Crippen molar-refractivity contribution in [1.29, 1.82) is 0 Å². The Morgan fingerprint density at radius 3 is 1.18 bits per heavy atom. The van der Waals surface area contributed by atoms with Gasteiger partial charge in [0.15, 0.2) is 6.10 Å². The predicted octanol–water partition coefficient (Wildman–Crippen LogP) is 16.8. The lowest BCUT2D eigenvalue weighted by Gasteiger charge is -2.18. The third-order valence-electron chi connectivity index (χ3n) is 10.7. The lowest BCUT2D eigenvalue weighted by molar-refractivity contribution is -0.167. The first-order chi connectivity index (χ1) is 30.5. The van der Waals surface area contributed by atoms with Crippen LogP contribution in [0.1, 0.15) is 233 Å². The Morgan fingerprint density at radius 2 is 0.726 bits per heavy atom. The number of carbonyl (C=O) groups is 3. The van der Waals surface area contributed by atoms with Gasteiger partial charge in [0.05, 0.1) is 0 Å². The topological polar surface area (TPSA) is 78.9 Å². The van der Waals surface area contributed by atoms with Crippen LogP contribution < -0.4 is 0 Å². The quantitative estimate of drug-likeness (QED) is 0.0199. The molecule has 0 saturated carbocycles. The normalized spacial score (nSPS) is 12.8. The Kier molecular flexibility index (Phi) is 47.5. The molecule has 0 aliphatic rings. The molecule has 0 N–H and O–H groups in total. The minimum Gasteiger partial charge on any atom is -0.462 e. The Bertz CT molecular complexity index is 1220. The van der Waals surface area contributed by atoms with Crippen molar-refractivity contribution in [3.63, 3.8) is 0 Å². The molecule has 1 atom stereocenters. The van der Waals surface area contributed by atoms with Gasteiger partial charge in [0.25, 0.3) is 0 Å². The van der Waals surface area contributed by atoms with Crippen LogP contribution in [0, 0.1) is 0 Å². The molecule has 0 aromatic heterocycles. The van der Waals surface area contributed by atoms with Gasteiger partial charge in [-0.1, -0.05) is 234 Å². The Balaban J connectivity index is 4.44. The molecule has 6 heteroatoms. The smallest absolute Gasteiger partial charge is 0.306 e. The summed E-state index contributed by atoms with van der Waals surface area (Å²) in [6, 6.07) is 0. The number of hydrogen-bond donors (Lipinski definition) is 0. The predicted molar refractivity (Wildman–Crippen MR) is 265 cm³/mol. The van der Waals surface area contributed by atoms with E-state index in [9.17, 15) is 14.4 Å². The number of unbranched alkanes of at least 4 members (excludes halogenated alkanes) is 24. The molecule has 0 rings (SSSR count). The van der Waals surface area contributed by atoms with E-state index in [2.05, 4.69) is 81.5 Å². The molecule has 0 fully saturated rings. The first kappa shape index (κ1) is 58.6. The van der Waals surface area contributed by atoms with Crippen LogP contribution in [0.2, 0.25) is 0 Å². The third-order valence-corrected chi connectivity index (χ3v) is 10.7. The summed E-state index contributed by atoms with van der Waals surface area (Å²) in [4.78, 5) is 38.0. The van der Waals surface area contributed by atoms with Gasteiger partial charge < -0.3 is 14.2 Å². The monoisotopic (exact) mass is 863 g/mol. The minimum atomic E-state index is -0.791. The highest BCUT2D eigenvalue weighted by molar-refractivity contribution is 5.71. The van der Waals surface area contributed by atoms with Gasteiger partial charge in [-0.25, -0.2) is 0 Å². The molecule has 6 nitrogen and oxygen atoms in total. The summed E-state index contributed by atoms with van der Waals surface area (Å²) in [6.45, 7) is 6.40. The Morgan fingerprint density at radius 1 is 0.355 bits per heavy atom. The summed E-state index contributed by atoms with van der Waals surface area (Å²) in [6.07, 6.45) is 64.1. The van der Waals surface area contributed by atoms with Crippen LogP contribution in [-0.4, -0.2) is 37.2 Å². The highest BCUT2D eigenvalue weighted by atomic mass is 16.6. The molecule has 0 radical (unpaired) electrons. The summed E-state index contributed by atoms with van der Waals surface area (Å²) in [5.74, 6) is -0.929. The average molecular weight is 863 g/mol. The summed E-state index contributed by atoms with van der Waals surface area (Å²) in [7, 11) is 0. The molecular weight excluding hydrogens is 769 g/mol. The van der Waals surface area contributed by atoms with E-state index in [4.69, 9.17) is 14.2 Å². The van der Waals surface area contributed by atoms with Crippen molar-refractivity contribution >= 4 is 17.9 Å². The van der Waals surface area contributed by atoms with Crippen molar-refractivity contribution in [3.8, 4) is 0 Å². The van der Waals surface area contributed by atoms with Crippen LogP contribution in [0.5, 0.6) is 0 Å². The standard InChI is InChI=1S/C56H94O6/c1-4-7-10-13-16-19-22-25-27-28-29-30-32-34-37-40-43-46-49-55(58)61-52-53(51-60-54(57)48-45-42-39-36-33-24-21-18-15-12-9-6-3)62-56(59)50-47-44-41-38-35-31-26-23-20-17-14-11-8-5-2/h9-10,12-13,16,18-19,21-22,25,27-30,53H,4-8,11,14-15,17,20,23-24,26,31-52H2,1-3H3/b12-9-,13-10-,19-16-,21-18-,25-22-,28-27-,30-29-. The van der Waals surface area contributed by atoms with E-state index in [1.165, 1.54) is 77.0 Å². The van der Waals surface area contributed by atoms with Crippen LogP contribution in [0.25, 0.3) is 0 Å². The van der Waals surface area contributed by atoms with Gasteiger partial charge in [-0.05, 0) is 64.2 Å². The van der Waals surface area contributed by atoms with Crippen LogP contribution in [0.4, 0.5) is 0 Å². The van der Waals surface area contributed by atoms with E-state index in [0.29, 0.717) is 19.3 Å². The molecule has 0 amide bonds. The van der Waals surface area contributed by atoms with Gasteiger partial charge in [-0.15, -0.1) is 0 Å². The second-order valence-electron chi connectivity index (χ2n) is 16.8. The molecule has 0 aromatic carbocycles. The lowest BCUT2D eigenvalue weighted by atomic mass is 10.0. The Hall–Kier alpha value is -3.41. The van der Waals surface area contributed by atoms with Crippen LogP contribution in [0.3, 0.4) is 0 Å². The molecule has 0 aromatic rings. The molecular formula is C56H94O6. The maximum Gasteiger partial charge on any atom is 0.306 e. The molecule has 0 saturated heterocycles. The molecule has 0 aliphatic heterocycles. The molecule has 354 valence electrons. The molecule has 0 bridgehead atoms. The number of allylic oxidation sites excluding steroid dienone is 14. The van der Waals surface area contributed by atoms with Gasteiger partial charge in [-0.3, -0.25) is 14.4 Å². The van der Waals surface area contributed by atoms with E-state index in [-0.39, 0.29) is 31.1 Å². The van der Waals surface area contributed by atoms with Gasteiger partial charge in [0.2, 0.25) is 0 Å². The third kappa shape index (κ3) is 47.6. The van der Waals surface area contributed by atoms with Gasteiger partial charge in [0.1, 0.15) is 13.2 Å². The van der Waals surface area contributed by atoms with Crippen LogP contribution >= 0.6 is 0 Å². The van der Waals surface area contributed by atoms with Gasteiger partial charge in [-0.2, -0.15) is 0 Å². The van der Waals surface area contributed by atoms with E-state index in [1.54, 1.807) is 0 Å². The molecule has 62 heavy (non-hydrogen) atoms. The van der Waals surface area contributed by atoms with E-state index in [1.807, 2.05) is 24.3 Å². The fourth-order valence-electron chi connectivity index (χ4n) is 6.92. The zero-order valence-corrected chi connectivity index (χ0v) is 40.4. The van der Waals surface area contributed by atoms with Crippen molar-refractivity contribution < 1.29 is 28.6 Å². The van der Waals surface area contributed by atoms with E-state index < -0.39 is 6.10 Å². The second-order valence-corrected chi connectivity index (χ2v) is 16.8. The fourth-order valence-corrected chi connectivity index (χ4v) is 6.92. The molecule has 0 heterocycles. The summed E-state index contributed by atoms with van der Waals surface area (Å²) in [5, 5.41) is 0. The Labute approximate surface area is 382 Å². The van der Waals surface area contributed by atoms with Gasteiger partial charge in [0, 0.05) is 19.3 Å². The van der Waals surface area contributed by atoms with Crippen LogP contribution in [-0.2, 0) is 28.6 Å². The SMILES string of the molecule is CC/C=C\C/C=C\CCCCCCCC(=O)OCC(COC(=O)CCCCCCC\C=C/C=C\C=C/C=C\C=C/CCC)OC(=O)CCCCCCCCCCCCCCCC. The zero-order chi connectivity index (χ0) is 45.1. The first-order valence-corrected chi connectivity index (χ1v) is 25.7. The summed E-state index contributed by atoms with van der Waals surface area (Å²) in [5.41, 5.74) is 0. The number of hydrogen-bond acceptors (Lipinski definition) is 6. The zero-order valence-electron chi connectivity index (χ0n) is 40.4. The van der Waals surface area contributed by atoms with Gasteiger partial charge >= 0.3 is 17.9 Å². The second kappa shape index (κ2) is 50.2. The maximum absolute atomic E-state index is 12.8. The number of rotatable bonds is 45. The van der Waals surface area contributed by atoms with Crippen molar-refractivity contribution in [3.05, 3.63) is 85.1 Å². The molecule has 0 aliphatic carbocycles. The fraction of sp³-hybridized carbons (Fsp3) is 0.696. The van der Waals surface area contributed by atoms with Crippen LogP contribution in [0.15, 0.2) is 85.1 Å². The average Bonchev–Trinajstić information content (AvgIpc) is 3.27. The lowest BCUT2D eigenvalue weighted by Crippen LogP contribution is -2.30. The molecule has 0 spiro atoms. The highest BCUT2D eigenvalue weighted by Gasteiger charge is 2.19. The van der Waals surface area contributed by atoms with E-state index >= 15 is 0 Å². The number of esters is 3.